The average Bonchev–Trinajstić information content (AvgIpc) is 4.16. The highest BCUT2D eigenvalue weighted by molar-refractivity contribution is 6.04. The Morgan fingerprint density at radius 2 is 1.54 bits per heavy atom. The molecule has 1 unspecified atom stereocenters. The maximum Gasteiger partial charge on any atom is 0.407 e. The molecule has 4 atom stereocenters. The van der Waals surface area contributed by atoms with Gasteiger partial charge in [-0.05, 0) is 96.2 Å². The molecule has 4 amide bonds. The summed E-state index contributed by atoms with van der Waals surface area (Å²) in [5, 5.41) is 7.60. The van der Waals surface area contributed by atoms with Crippen molar-refractivity contribution in [2.45, 2.75) is 89.6 Å². The largest absolute Gasteiger partial charge is 0.488 e. The number of ether oxygens (including phenoxy) is 4. The molecule has 6 heterocycles. The molecule has 0 saturated carbocycles. The number of H-pyrrole nitrogens is 1. The molecule has 330 valence electrons. The quantitative estimate of drug-likeness (QED) is 0.149. The van der Waals surface area contributed by atoms with Crippen LogP contribution < -0.4 is 15.4 Å². The fraction of sp³-hybridized carbons (Fsp3) is 0.458. The van der Waals surface area contributed by atoms with Gasteiger partial charge in [0.05, 0.1) is 38.2 Å². The van der Waals surface area contributed by atoms with E-state index >= 15 is 0 Å². The third-order valence-electron chi connectivity index (χ3n) is 13.4. The lowest BCUT2D eigenvalue weighted by molar-refractivity contribution is -0.136. The molecule has 4 aromatic rings. The number of benzene rings is 3. The highest BCUT2D eigenvalue weighted by atomic mass is 16.5. The van der Waals surface area contributed by atoms with Gasteiger partial charge in [-0.15, -0.1) is 0 Å². The molecule has 15 nitrogen and oxygen atoms in total. The molecular weight excluding hydrogens is 803 g/mol. The van der Waals surface area contributed by atoms with E-state index in [1.54, 1.807) is 0 Å². The highest BCUT2D eigenvalue weighted by Gasteiger charge is 2.41. The van der Waals surface area contributed by atoms with Crippen LogP contribution in [0.1, 0.15) is 81.8 Å². The van der Waals surface area contributed by atoms with Gasteiger partial charge in [0.15, 0.2) is 0 Å². The van der Waals surface area contributed by atoms with Crippen LogP contribution in [0.3, 0.4) is 0 Å². The number of aliphatic imine (C=N–C) groups is 1. The van der Waals surface area contributed by atoms with Gasteiger partial charge in [0, 0.05) is 61.1 Å². The Kier molecular flexibility index (Phi) is 11.9. The predicted octanol–water partition coefficient (Wildman–Crippen LogP) is 7.16. The van der Waals surface area contributed by atoms with Crippen LogP contribution in [0.15, 0.2) is 65.9 Å². The SMILES string of the molecule is COC(=O)NC(C(=O)N1CCC[C@H]1C1=NC=C(c2ccc3c(c2)COc2c-3ccc3cc(-c4cnc([C@@H]5CCCN5C(=O)[C@@H](NC(=O)OC)C(C)C)[nH]4)ccc23)C1)C1CCOCC1. The first-order valence-electron chi connectivity index (χ1n) is 22.1. The second-order valence-electron chi connectivity index (χ2n) is 17.5. The van der Waals surface area contributed by atoms with Crippen LogP contribution in [0.5, 0.6) is 5.75 Å². The number of likely N-dealkylation sites (tertiary alicyclic amines) is 2. The van der Waals surface area contributed by atoms with Crippen LogP contribution in [0.25, 0.3) is 38.7 Å². The summed E-state index contributed by atoms with van der Waals surface area (Å²) in [6.45, 7) is 6.58. The van der Waals surface area contributed by atoms with Crippen LogP contribution >= 0.6 is 0 Å². The maximum absolute atomic E-state index is 14.1. The number of methoxy groups -OCH3 is 2. The zero-order valence-electron chi connectivity index (χ0n) is 36.3. The van der Waals surface area contributed by atoms with Crippen molar-refractivity contribution in [1.29, 1.82) is 0 Å². The monoisotopic (exact) mass is 857 g/mol. The van der Waals surface area contributed by atoms with E-state index in [0.717, 1.165) is 92.8 Å². The number of hydrogen-bond donors (Lipinski definition) is 3. The summed E-state index contributed by atoms with van der Waals surface area (Å²) in [4.78, 5) is 68.9. The number of carbonyl (C=O) groups is 4. The first-order valence-corrected chi connectivity index (χ1v) is 22.1. The van der Waals surface area contributed by atoms with E-state index in [1.165, 1.54) is 14.2 Å². The standard InChI is InChI=1S/C48H55N7O8/c1-27(2)41(52-47(58)60-3)45(56)55-18-6-8-40(55)44-50-25-38(51-44)31-11-13-35-30(22-31)10-14-36-34-12-9-29(21-33(34)26-63-43(35)36)32-23-37(49-24-32)39-7-5-17-54(39)46(57)42(53-48(59)61-4)28-15-19-62-20-16-28/h9-14,21-22,24-25,27-28,39-42H,5-8,15-20,23,26H2,1-4H3,(H,50,51)(H,52,58)(H,53,59)/t39-,40-,41-,42?/m0/s1. The lowest BCUT2D eigenvalue weighted by atomic mass is 9.89. The Labute approximate surface area is 366 Å². The third kappa shape index (κ3) is 8.26. The Morgan fingerprint density at radius 3 is 2.30 bits per heavy atom. The Morgan fingerprint density at radius 1 is 0.825 bits per heavy atom. The van der Waals surface area contributed by atoms with E-state index in [-0.39, 0.29) is 35.7 Å². The van der Waals surface area contributed by atoms with Crippen molar-refractivity contribution in [3.63, 3.8) is 0 Å². The number of carbonyl (C=O) groups excluding carboxylic acids is 4. The molecule has 3 N–H and O–H groups in total. The van der Waals surface area contributed by atoms with Crippen molar-refractivity contribution < 1.29 is 38.1 Å². The molecule has 63 heavy (non-hydrogen) atoms. The lowest BCUT2D eigenvalue weighted by Crippen LogP contribution is -2.55. The number of alkyl carbamates (subject to hydrolysis) is 2. The van der Waals surface area contributed by atoms with E-state index in [1.807, 2.05) is 36.0 Å². The topological polar surface area (TPSA) is 177 Å². The second kappa shape index (κ2) is 17.9. The number of nitrogens with zero attached hydrogens (tertiary/aromatic N) is 4. The number of allylic oxidation sites excluding steroid dienone is 1. The van der Waals surface area contributed by atoms with E-state index in [4.69, 9.17) is 28.9 Å². The van der Waals surface area contributed by atoms with Gasteiger partial charge in [0.1, 0.15) is 30.3 Å². The van der Waals surface area contributed by atoms with Crippen molar-refractivity contribution in [1.82, 2.24) is 30.4 Å². The smallest absolute Gasteiger partial charge is 0.407 e. The van der Waals surface area contributed by atoms with E-state index in [9.17, 15) is 19.2 Å². The fourth-order valence-electron chi connectivity index (χ4n) is 10.0. The minimum atomic E-state index is -0.697. The van der Waals surface area contributed by atoms with Crippen molar-refractivity contribution in [2.75, 3.05) is 40.5 Å². The van der Waals surface area contributed by atoms with Gasteiger partial charge in [-0.1, -0.05) is 44.2 Å². The molecule has 0 spiro atoms. The molecule has 9 rings (SSSR count). The van der Waals surface area contributed by atoms with Gasteiger partial charge in [0.2, 0.25) is 11.8 Å². The van der Waals surface area contributed by atoms with Gasteiger partial charge < -0.3 is 44.4 Å². The molecular formula is C48H55N7O8. The number of nitrogens with one attached hydrogen (secondary N) is 3. The first-order chi connectivity index (χ1) is 30.6. The molecule has 0 radical (unpaired) electrons. The summed E-state index contributed by atoms with van der Waals surface area (Å²) in [5.41, 5.74) is 8.24. The number of imidazole rings is 1. The molecule has 15 heteroatoms. The van der Waals surface area contributed by atoms with Crippen molar-refractivity contribution in [2.24, 2.45) is 16.8 Å². The van der Waals surface area contributed by atoms with Crippen LogP contribution in [0, 0.1) is 11.8 Å². The molecule has 0 bridgehead atoms. The Bertz CT molecular complexity index is 2490. The number of hydrogen-bond acceptors (Lipinski definition) is 10. The maximum atomic E-state index is 14.1. The zero-order chi connectivity index (χ0) is 43.8. The number of rotatable bonds is 10. The summed E-state index contributed by atoms with van der Waals surface area (Å²) < 4.78 is 21.7. The summed E-state index contributed by atoms with van der Waals surface area (Å²) in [6, 6.07) is 15.3. The van der Waals surface area contributed by atoms with Crippen LogP contribution in [-0.2, 0) is 30.4 Å². The summed E-state index contributed by atoms with van der Waals surface area (Å²) in [7, 11) is 2.61. The summed E-state index contributed by atoms with van der Waals surface area (Å²) in [6.07, 6.45) is 7.90. The van der Waals surface area contributed by atoms with Gasteiger partial charge in [-0.25, -0.2) is 14.6 Å². The van der Waals surface area contributed by atoms with Gasteiger partial charge in [0.25, 0.3) is 0 Å². The highest BCUT2D eigenvalue weighted by Crippen LogP contribution is 2.44. The minimum absolute atomic E-state index is 0.0156. The zero-order valence-corrected chi connectivity index (χ0v) is 36.3. The van der Waals surface area contributed by atoms with Gasteiger partial charge in [-0.2, -0.15) is 0 Å². The Balaban J connectivity index is 0.879. The van der Waals surface area contributed by atoms with E-state index in [2.05, 4.69) is 64.1 Å². The number of aromatic amines is 1. The molecule has 3 aromatic carbocycles. The molecule has 3 saturated heterocycles. The molecule has 5 aliphatic heterocycles. The summed E-state index contributed by atoms with van der Waals surface area (Å²) >= 11 is 0. The van der Waals surface area contributed by atoms with Crippen molar-refractivity contribution in [3.8, 4) is 28.1 Å². The van der Waals surface area contributed by atoms with Crippen molar-refractivity contribution >= 4 is 46.1 Å². The normalized spacial score (nSPS) is 20.7. The van der Waals surface area contributed by atoms with Crippen LogP contribution in [-0.4, -0.2) is 108 Å². The fourth-order valence-corrected chi connectivity index (χ4v) is 10.0. The van der Waals surface area contributed by atoms with E-state index in [0.29, 0.717) is 52.2 Å². The van der Waals surface area contributed by atoms with Crippen molar-refractivity contribution in [3.05, 3.63) is 77.9 Å². The molecule has 1 aromatic heterocycles. The van der Waals surface area contributed by atoms with E-state index < -0.39 is 24.3 Å². The van der Waals surface area contributed by atoms with Gasteiger partial charge >= 0.3 is 12.2 Å². The first kappa shape index (κ1) is 42.1. The number of amides is 4. The minimum Gasteiger partial charge on any atom is -0.488 e. The lowest BCUT2D eigenvalue weighted by Gasteiger charge is -2.34. The molecule has 3 fully saturated rings. The number of fused-ring (bicyclic) bond motifs is 5. The van der Waals surface area contributed by atoms with Gasteiger partial charge in [-0.3, -0.25) is 14.6 Å². The third-order valence-corrected chi connectivity index (χ3v) is 13.4. The van der Waals surface area contributed by atoms with Crippen LogP contribution in [0.4, 0.5) is 9.59 Å². The Hall–Kier alpha value is -6.22. The summed E-state index contributed by atoms with van der Waals surface area (Å²) in [5.74, 6) is 1.22. The number of aromatic nitrogens is 2. The molecule has 0 aliphatic carbocycles. The second-order valence-corrected chi connectivity index (χ2v) is 17.5. The van der Waals surface area contributed by atoms with Crippen LogP contribution in [0.2, 0.25) is 0 Å². The average molecular weight is 858 g/mol. The molecule has 5 aliphatic rings. The predicted molar refractivity (Wildman–Crippen MR) is 237 cm³/mol.